The Morgan fingerprint density at radius 1 is 1.32 bits per heavy atom. The Morgan fingerprint density at radius 2 is 2.05 bits per heavy atom. The summed E-state index contributed by atoms with van der Waals surface area (Å²) in [5.41, 5.74) is 2.09. The lowest BCUT2D eigenvalue weighted by Gasteiger charge is -2.23. The van der Waals surface area contributed by atoms with Crippen molar-refractivity contribution in [2.24, 2.45) is 0 Å². The maximum atomic E-state index is 12.6. The van der Waals surface area contributed by atoms with Crippen molar-refractivity contribution in [2.45, 2.75) is 45.3 Å². The number of amides is 1. The van der Waals surface area contributed by atoms with Crippen molar-refractivity contribution in [2.75, 3.05) is 0 Å². The van der Waals surface area contributed by atoms with E-state index in [9.17, 15) is 9.59 Å². The molecule has 0 unspecified atom stereocenters. The number of aromatic nitrogens is 1. The van der Waals surface area contributed by atoms with Crippen molar-refractivity contribution in [3.05, 3.63) is 56.6 Å². The van der Waals surface area contributed by atoms with Gasteiger partial charge in [-0.2, -0.15) is 0 Å². The maximum absolute atomic E-state index is 12.6. The summed E-state index contributed by atoms with van der Waals surface area (Å²) in [4.78, 5) is 26.3. The first-order valence-electron chi connectivity index (χ1n) is 7.63. The van der Waals surface area contributed by atoms with Crippen LogP contribution in [0.2, 0.25) is 0 Å². The van der Waals surface area contributed by atoms with E-state index < -0.39 is 0 Å². The molecule has 1 aromatic carbocycles. The summed E-state index contributed by atoms with van der Waals surface area (Å²) in [6.45, 7) is 3.05. The summed E-state index contributed by atoms with van der Waals surface area (Å²) in [6, 6.07) is 10.5. The average Bonchev–Trinajstić information content (AvgIpc) is 3.31. The number of hydrogen-bond donors (Lipinski definition) is 0. The van der Waals surface area contributed by atoms with Crippen LogP contribution in [-0.2, 0) is 17.9 Å². The summed E-state index contributed by atoms with van der Waals surface area (Å²) in [5, 5.41) is 1.84. The quantitative estimate of drug-likeness (QED) is 0.822. The Bertz CT molecular complexity index is 701. The highest BCUT2D eigenvalue weighted by molar-refractivity contribution is 7.07. The number of aryl methyl sites for hydroxylation is 1. The van der Waals surface area contributed by atoms with Crippen LogP contribution in [0.4, 0.5) is 0 Å². The smallest absolute Gasteiger partial charge is 0.307 e. The van der Waals surface area contributed by atoms with Crippen molar-refractivity contribution < 1.29 is 4.79 Å². The summed E-state index contributed by atoms with van der Waals surface area (Å²) in [7, 11) is 0. The second-order valence-electron chi connectivity index (χ2n) is 5.78. The zero-order valence-electron chi connectivity index (χ0n) is 12.7. The molecule has 1 aliphatic carbocycles. The standard InChI is InChI=1S/C17H20N2O2S/c1-13-12-22-17(21)18(13)10-9-16(20)19(15-7-8-15)11-14-5-3-2-4-6-14/h2-6,12,15H,7-11H2,1H3. The van der Waals surface area contributed by atoms with E-state index in [4.69, 9.17) is 0 Å². The van der Waals surface area contributed by atoms with Crippen LogP contribution >= 0.6 is 11.3 Å². The molecule has 22 heavy (non-hydrogen) atoms. The number of nitrogens with zero attached hydrogens (tertiary/aromatic N) is 2. The van der Waals surface area contributed by atoms with Crippen LogP contribution in [0.3, 0.4) is 0 Å². The Balaban J connectivity index is 1.64. The lowest BCUT2D eigenvalue weighted by atomic mass is 10.2. The van der Waals surface area contributed by atoms with E-state index in [0.717, 1.165) is 24.1 Å². The largest absolute Gasteiger partial charge is 0.335 e. The zero-order chi connectivity index (χ0) is 15.5. The van der Waals surface area contributed by atoms with Crippen LogP contribution < -0.4 is 4.87 Å². The fourth-order valence-corrected chi connectivity index (χ4v) is 3.37. The molecule has 0 N–H and O–H groups in total. The third-order valence-corrected chi connectivity index (χ3v) is 4.91. The molecule has 1 saturated carbocycles. The van der Waals surface area contributed by atoms with Gasteiger partial charge in [-0.3, -0.25) is 9.59 Å². The van der Waals surface area contributed by atoms with E-state index in [2.05, 4.69) is 12.1 Å². The molecule has 1 amide bonds. The first kappa shape index (κ1) is 15.0. The normalized spacial score (nSPS) is 14.0. The van der Waals surface area contributed by atoms with E-state index in [1.807, 2.05) is 35.4 Å². The maximum Gasteiger partial charge on any atom is 0.307 e. The van der Waals surface area contributed by atoms with Gasteiger partial charge in [0.15, 0.2) is 0 Å². The first-order valence-corrected chi connectivity index (χ1v) is 8.51. The lowest BCUT2D eigenvalue weighted by Crippen LogP contribution is -2.33. The molecule has 5 heteroatoms. The molecule has 0 atom stereocenters. The third kappa shape index (κ3) is 3.47. The number of carbonyl (C=O) groups is 1. The number of hydrogen-bond acceptors (Lipinski definition) is 3. The van der Waals surface area contributed by atoms with Gasteiger partial charge in [-0.15, -0.1) is 0 Å². The van der Waals surface area contributed by atoms with Gasteiger partial charge in [0, 0.05) is 36.6 Å². The highest BCUT2D eigenvalue weighted by Gasteiger charge is 2.32. The summed E-state index contributed by atoms with van der Waals surface area (Å²) < 4.78 is 1.69. The molecule has 0 saturated heterocycles. The van der Waals surface area contributed by atoms with Gasteiger partial charge in [0.2, 0.25) is 5.91 Å². The van der Waals surface area contributed by atoms with Gasteiger partial charge in [-0.25, -0.2) is 0 Å². The molecule has 3 rings (SSSR count). The van der Waals surface area contributed by atoms with Crippen LogP contribution in [0.5, 0.6) is 0 Å². The lowest BCUT2D eigenvalue weighted by molar-refractivity contribution is -0.132. The van der Waals surface area contributed by atoms with E-state index in [1.165, 1.54) is 11.3 Å². The van der Waals surface area contributed by atoms with E-state index >= 15 is 0 Å². The number of thiazole rings is 1. The molecule has 0 bridgehead atoms. The van der Waals surface area contributed by atoms with Crippen LogP contribution in [0.1, 0.15) is 30.5 Å². The minimum absolute atomic E-state index is 0.0198. The first-order chi connectivity index (χ1) is 10.6. The fourth-order valence-electron chi connectivity index (χ4n) is 2.61. The summed E-state index contributed by atoms with van der Waals surface area (Å²) in [5.74, 6) is 0.142. The van der Waals surface area contributed by atoms with Gasteiger partial charge >= 0.3 is 4.87 Å². The molecular weight excluding hydrogens is 296 g/mol. The summed E-state index contributed by atoms with van der Waals surface area (Å²) >= 11 is 1.19. The van der Waals surface area contributed by atoms with Crippen LogP contribution in [0, 0.1) is 6.92 Å². The Hall–Kier alpha value is -1.88. The molecule has 116 valence electrons. The monoisotopic (exact) mass is 316 g/mol. The van der Waals surface area contributed by atoms with Gasteiger partial charge in [-0.1, -0.05) is 41.7 Å². The van der Waals surface area contributed by atoms with E-state index in [-0.39, 0.29) is 10.8 Å². The highest BCUT2D eigenvalue weighted by Crippen LogP contribution is 2.29. The van der Waals surface area contributed by atoms with Crippen LogP contribution in [-0.4, -0.2) is 21.4 Å². The summed E-state index contributed by atoms with van der Waals surface area (Å²) in [6.07, 6.45) is 2.58. The van der Waals surface area contributed by atoms with Crippen molar-refractivity contribution >= 4 is 17.2 Å². The molecule has 0 spiro atoms. The minimum Gasteiger partial charge on any atom is -0.335 e. The van der Waals surface area contributed by atoms with E-state index in [1.54, 1.807) is 4.57 Å². The average molecular weight is 316 g/mol. The Morgan fingerprint density at radius 3 is 2.64 bits per heavy atom. The predicted molar refractivity (Wildman–Crippen MR) is 87.9 cm³/mol. The van der Waals surface area contributed by atoms with Crippen molar-refractivity contribution in [1.82, 2.24) is 9.47 Å². The number of benzene rings is 1. The van der Waals surface area contributed by atoms with Crippen LogP contribution in [0.25, 0.3) is 0 Å². The van der Waals surface area contributed by atoms with Crippen molar-refractivity contribution in [1.29, 1.82) is 0 Å². The molecule has 1 fully saturated rings. The Kier molecular flexibility index (Phi) is 4.43. The minimum atomic E-state index is 0.0198. The van der Waals surface area contributed by atoms with Gasteiger partial charge in [-0.05, 0) is 25.3 Å². The van der Waals surface area contributed by atoms with Gasteiger partial charge in [0.1, 0.15) is 0 Å². The number of rotatable bonds is 6. The predicted octanol–water partition coefficient (Wildman–Crippen LogP) is 2.80. The molecule has 0 radical (unpaired) electrons. The van der Waals surface area contributed by atoms with Crippen molar-refractivity contribution in [3.8, 4) is 0 Å². The molecule has 1 aromatic heterocycles. The fraction of sp³-hybridized carbons (Fsp3) is 0.412. The van der Waals surface area contributed by atoms with Gasteiger partial charge < -0.3 is 9.47 Å². The molecule has 1 heterocycles. The molecule has 2 aromatic rings. The molecule has 4 nitrogen and oxygen atoms in total. The highest BCUT2D eigenvalue weighted by atomic mass is 32.1. The second kappa shape index (κ2) is 6.48. The molecule has 1 aliphatic rings. The van der Waals surface area contributed by atoms with Gasteiger partial charge in [0.25, 0.3) is 0 Å². The van der Waals surface area contributed by atoms with Crippen LogP contribution in [0.15, 0.2) is 40.5 Å². The topological polar surface area (TPSA) is 42.3 Å². The third-order valence-electron chi connectivity index (χ3n) is 4.03. The Labute approximate surface area is 134 Å². The number of carbonyl (C=O) groups excluding carboxylic acids is 1. The zero-order valence-corrected chi connectivity index (χ0v) is 13.5. The SMILES string of the molecule is Cc1csc(=O)n1CCC(=O)N(Cc1ccccc1)C1CC1. The molecule has 0 aliphatic heterocycles. The van der Waals surface area contributed by atoms with E-state index in [0.29, 0.717) is 25.6 Å². The second-order valence-corrected chi connectivity index (χ2v) is 6.60. The van der Waals surface area contributed by atoms with Gasteiger partial charge in [0.05, 0.1) is 0 Å². The van der Waals surface area contributed by atoms with Crippen molar-refractivity contribution in [3.63, 3.8) is 0 Å². The molecular formula is C17H20N2O2S.